The van der Waals surface area contributed by atoms with Crippen LogP contribution in [0.15, 0.2) is 83.0 Å². The van der Waals surface area contributed by atoms with Crippen LogP contribution >= 0.6 is 0 Å². The van der Waals surface area contributed by atoms with Crippen molar-refractivity contribution in [3.63, 3.8) is 0 Å². The highest BCUT2D eigenvalue weighted by atomic mass is 16.5. The molecule has 0 amide bonds. The molecular formula is C34H42N2O2. The van der Waals surface area contributed by atoms with Crippen molar-refractivity contribution in [2.45, 2.75) is 78.1 Å². The molecule has 0 radical (unpaired) electrons. The third kappa shape index (κ3) is 11.6. The van der Waals surface area contributed by atoms with Gasteiger partial charge in [-0.05, 0) is 85.6 Å². The molecule has 200 valence electrons. The van der Waals surface area contributed by atoms with Gasteiger partial charge >= 0.3 is 0 Å². The van der Waals surface area contributed by atoms with Crippen molar-refractivity contribution in [2.24, 2.45) is 10.2 Å². The molecule has 0 heterocycles. The Morgan fingerprint density at radius 2 is 0.842 bits per heavy atom. The monoisotopic (exact) mass is 510 g/mol. The van der Waals surface area contributed by atoms with E-state index in [4.69, 9.17) is 9.47 Å². The molecule has 0 atom stereocenters. The van der Waals surface area contributed by atoms with E-state index in [1.54, 1.807) is 0 Å². The Labute approximate surface area is 229 Å². The zero-order valence-corrected chi connectivity index (χ0v) is 23.1. The van der Waals surface area contributed by atoms with Crippen LogP contribution in [0.1, 0.15) is 89.2 Å². The number of nitrogens with zero attached hydrogens (tertiary/aromatic N) is 2. The predicted octanol–water partition coefficient (Wildman–Crippen LogP) is 10.2. The first kappa shape index (κ1) is 29.0. The predicted molar refractivity (Wildman–Crippen MR) is 158 cm³/mol. The molecule has 4 heteroatoms. The molecule has 3 rings (SSSR count). The normalized spacial score (nSPS) is 10.8. The summed E-state index contributed by atoms with van der Waals surface area (Å²) in [7, 11) is 0. The summed E-state index contributed by atoms with van der Waals surface area (Å²) in [5.41, 5.74) is 3.49. The average Bonchev–Trinajstić information content (AvgIpc) is 2.96. The second kappa shape index (κ2) is 17.8. The van der Waals surface area contributed by atoms with E-state index in [0.717, 1.165) is 60.1 Å². The van der Waals surface area contributed by atoms with Crippen molar-refractivity contribution in [1.82, 2.24) is 0 Å². The Balaban J connectivity index is 1.41. The summed E-state index contributed by atoms with van der Waals surface area (Å²) < 4.78 is 11.7. The zero-order chi connectivity index (χ0) is 26.7. The fourth-order valence-corrected chi connectivity index (χ4v) is 3.91. The summed E-state index contributed by atoms with van der Waals surface area (Å²) in [6.45, 7) is 6.00. The van der Waals surface area contributed by atoms with Gasteiger partial charge in [0.05, 0.1) is 24.6 Å². The molecule has 0 aromatic heterocycles. The third-order valence-electron chi connectivity index (χ3n) is 6.22. The second-order valence-electron chi connectivity index (χ2n) is 9.54. The van der Waals surface area contributed by atoms with Gasteiger partial charge in [-0.3, -0.25) is 0 Å². The lowest BCUT2D eigenvalue weighted by Gasteiger charge is -2.06. The Hall–Kier alpha value is -3.58. The number of rotatable bonds is 16. The van der Waals surface area contributed by atoms with Gasteiger partial charge in [-0.1, -0.05) is 77.1 Å². The molecule has 0 spiro atoms. The smallest absolute Gasteiger partial charge is 0.119 e. The number of hydrogen-bond donors (Lipinski definition) is 0. The van der Waals surface area contributed by atoms with Gasteiger partial charge in [0.25, 0.3) is 0 Å². The maximum atomic E-state index is 5.83. The maximum absolute atomic E-state index is 5.83. The van der Waals surface area contributed by atoms with Gasteiger partial charge in [0.15, 0.2) is 0 Å². The summed E-state index contributed by atoms with van der Waals surface area (Å²) in [6, 6.07) is 23.6. The number of ether oxygens (including phenoxy) is 2. The number of benzene rings is 3. The minimum Gasteiger partial charge on any atom is -0.494 e. The number of unbranched alkanes of at least 4 members (excludes halogenated alkanes) is 8. The van der Waals surface area contributed by atoms with Gasteiger partial charge in [0.1, 0.15) is 11.5 Å². The van der Waals surface area contributed by atoms with Crippen LogP contribution < -0.4 is 9.47 Å². The van der Waals surface area contributed by atoms with E-state index in [9.17, 15) is 0 Å². The lowest BCUT2D eigenvalue weighted by atomic mass is 10.1. The summed E-state index contributed by atoms with van der Waals surface area (Å²) >= 11 is 0. The van der Waals surface area contributed by atoms with Crippen molar-refractivity contribution in [3.05, 3.63) is 83.9 Å². The van der Waals surface area contributed by atoms with Crippen molar-refractivity contribution in [3.8, 4) is 23.3 Å². The van der Waals surface area contributed by atoms with E-state index >= 15 is 0 Å². The summed E-state index contributed by atoms with van der Waals surface area (Å²) in [4.78, 5) is 0. The van der Waals surface area contributed by atoms with Gasteiger partial charge in [-0.2, -0.15) is 10.2 Å². The van der Waals surface area contributed by atoms with Crippen LogP contribution in [0.25, 0.3) is 0 Å². The molecule has 4 nitrogen and oxygen atoms in total. The quantitative estimate of drug-likeness (QED) is 0.109. The standard InChI is InChI=1S/C34H42N2O2/c1-3-5-7-9-11-27-37-33-23-17-30(18-24-33)14-13-29-15-19-31(20-16-29)35-36-32-21-25-34(26-22-32)38-28-12-10-8-6-4-2/h15-26H,3-12,27-28H2,1-2H3. The first-order chi connectivity index (χ1) is 18.8. The third-order valence-corrected chi connectivity index (χ3v) is 6.22. The van der Waals surface area contributed by atoms with Crippen LogP contribution in [0.3, 0.4) is 0 Å². The highest BCUT2D eigenvalue weighted by Gasteiger charge is 1.98. The second-order valence-corrected chi connectivity index (χ2v) is 9.54. The van der Waals surface area contributed by atoms with Crippen molar-refractivity contribution < 1.29 is 9.47 Å². The molecule has 0 saturated heterocycles. The molecule has 0 fully saturated rings. The van der Waals surface area contributed by atoms with Crippen LogP contribution in [0, 0.1) is 11.8 Å². The molecule has 0 bridgehead atoms. The first-order valence-electron chi connectivity index (χ1n) is 14.3. The highest BCUT2D eigenvalue weighted by Crippen LogP contribution is 2.22. The van der Waals surface area contributed by atoms with Crippen molar-refractivity contribution in [2.75, 3.05) is 13.2 Å². The zero-order valence-electron chi connectivity index (χ0n) is 23.1. The van der Waals surface area contributed by atoms with E-state index in [-0.39, 0.29) is 0 Å². The van der Waals surface area contributed by atoms with Crippen LogP contribution in [-0.2, 0) is 0 Å². The Morgan fingerprint density at radius 3 is 1.29 bits per heavy atom. The Kier molecular flexibility index (Phi) is 13.6. The molecule has 38 heavy (non-hydrogen) atoms. The number of azo groups is 1. The van der Waals surface area contributed by atoms with Gasteiger partial charge in [0.2, 0.25) is 0 Å². The van der Waals surface area contributed by atoms with E-state index in [1.807, 2.05) is 72.8 Å². The maximum Gasteiger partial charge on any atom is 0.119 e. The van der Waals surface area contributed by atoms with E-state index < -0.39 is 0 Å². The lowest BCUT2D eigenvalue weighted by molar-refractivity contribution is 0.304. The molecule has 3 aromatic carbocycles. The minimum atomic E-state index is 0.763. The van der Waals surface area contributed by atoms with Crippen LogP contribution in [-0.4, -0.2) is 13.2 Å². The molecule has 0 N–H and O–H groups in total. The SMILES string of the molecule is CCCCCCCOc1ccc(C#Cc2ccc(N=Nc3ccc(OCCCCCCC)cc3)cc2)cc1. The van der Waals surface area contributed by atoms with Gasteiger partial charge in [-0.15, -0.1) is 0 Å². The summed E-state index contributed by atoms with van der Waals surface area (Å²) in [5.74, 6) is 8.21. The molecule has 0 aliphatic rings. The average molecular weight is 511 g/mol. The summed E-state index contributed by atoms with van der Waals surface area (Å²) in [6.07, 6.45) is 12.4. The summed E-state index contributed by atoms with van der Waals surface area (Å²) in [5, 5.41) is 8.69. The molecule has 0 saturated carbocycles. The van der Waals surface area contributed by atoms with Gasteiger partial charge in [-0.25, -0.2) is 0 Å². The number of hydrogen-bond acceptors (Lipinski definition) is 4. The van der Waals surface area contributed by atoms with Gasteiger partial charge < -0.3 is 9.47 Å². The van der Waals surface area contributed by atoms with E-state index in [1.165, 1.54) is 51.4 Å². The Bertz CT molecular complexity index is 1120. The minimum absolute atomic E-state index is 0.763. The molecular weight excluding hydrogens is 468 g/mol. The topological polar surface area (TPSA) is 43.2 Å². The van der Waals surface area contributed by atoms with Gasteiger partial charge in [0, 0.05) is 11.1 Å². The molecule has 0 aliphatic carbocycles. The highest BCUT2D eigenvalue weighted by molar-refractivity contribution is 5.48. The largest absolute Gasteiger partial charge is 0.494 e. The van der Waals surface area contributed by atoms with Crippen molar-refractivity contribution in [1.29, 1.82) is 0 Å². The van der Waals surface area contributed by atoms with Crippen LogP contribution in [0.2, 0.25) is 0 Å². The molecule has 0 aliphatic heterocycles. The molecule has 0 unspecified atom stereocenters. The van der Waals surface area contributed by atoms with Crippen molar-refractivity contribution >= 4 is 11.4 Å². The van der Waals surface area contributed by atoms with E-state index in [0.29, 0.717) is 0 Å². The fourth-order valence-electron chi connectivity index (χ4n) is 3.91. The van der Waals surface area contributed by atoms with E-state index in [2.05, 4.69) is 35.9 Å². The fraction of sp³-hybridized carbons (Fsp3) is 0.412. The molecule has 3 aromatic rings. The van der Waals surface area contributed by atoms with Crippen LogP contribution in [0.5, 0.6) is 11.5 Å². The lowest BCUT2D eigenvalue weighted by Crippen LogP contribution is -1.97. The Morgan fingerprint density at radius 1 is 0.474 bits per heavy atom. The first-order valence-corrected chi connectivity index (χ1v) is 14.3. The van der Waals surface area contributed by atoms with Crippen LogP contribution in [0.4, 0.5) is 11.4 Å².